The minimum atomic E-state index is -3.10. The van der Waals surface area contributed by atoms with Crippen LogP contribution in [0.4, 0.5) is 4.79 Å². The number of benzene rings is 1. The molecule has 160 valence electrons. The number of carbonyl (C=O) groups is 3. The van der Waals surface area contributed by atoms with Gasteiger partial charge in [0.05, 0.1) is 16.4 Å². The molecule has 2 saturated heterocycles. The second-order valence-electron chi connectivity index (χ2n) is 7.11. The molecule has 1 atom stereocenters. The van der Waals surface area contributed by atoms with Crippen LogP contribution in [0.3, 0.4) is 0 Å². The maximum atomic E-state index is 12.6. The number of sulfone groups is 1. The molecule has 7 nitrogen and oxygen atoms in total. The third-order valence-electron chi connectivity index (χ3n) is 5.07. The van der Waals surface area contributed by atoms with Gasteiger partial charge in [0.15, 0.2) is 9.84 Å². The van der Waals surface area contributed by atoms with Gasteiger partial charge >= 0.3 is 0 Å². The van der Waals surface area contributed by atoms with Crippen molar-refractivity contribution in [2.45, 2.75) is 25.8 Å². The Bertz CT molecular complexity index is 986. The first kappa shape index (κ1) is 22.3. The highest BCUT2D eigenvalue weighted by Gasteiger charge is 2.37. The molecule has 1 aromatic rings. The number of carbonyl (C=O) groups excluding carboxylic acids is 3. The zero-order valence-corrected chi connectivity index (χ0v) is 18.3. The fourth-order valence-corrected chi connectivity index (χ4v) is 6.08. The SMILES string of the molecule is CCN(C(=O)CCN1C(=O)S/C(=C\C=C\c2ccccc2)C1=O)[C@@H]1CCS(=O)(=O)C1. The molecule has 2 fully saturated rings. The number of imide groups is 1. The largest absolute Gasteiger partial charge is 0.339 e. The van der Waals surface area contributed by atoms with E-state index in [4.69, 9.17) is 0 Å². The summed E-state index contributed by atoms with van der Waals surface area (Å²) in [4.78, 5) is 40.3. The van der Waals surface area contributed by atoms with E-state index in [0.717, 1.165) is 22.2 Å². The fraction of sp³-hybridized carbons (Fsp3) is 0.381. The smallest absolute Gasteiger partial charge is 0.293 e. The van der Waals surface area contributed by atoms with Crippen LogP contribution in [0, 0.1) is 0 Å². The minimum Gasteiger partial charge on any atom is -0.339 e. The quantitative estimate of drug-likeness (QED) is 0.596. The van der Waals surface area contributed by atoms with Crippen molar-refractivity contribution in [1.29, 1.82) is 0 Å². The molecule has 3 rings (SSSR count). The van der Waals surface area contributed by atoms with Crippen LogP contribution >= 0.6 is 11.8 Å². The summed E-state index contributed by atoms with van der Waals surface area (Å²) in [5.74, 6) is -0.593. The normalized spacial score (nSPS) is 22.4. The van der Waals surface area contributed by atoms with E-state index in [-0.39, 0.29) is 36.4 Å². The van der Waals surface area contributed by atoms with Gasteiger partial charge in [-0.1, -0.05) is 42.5 Å². The predicted octanol–water partition coefficient (Wildman–Crippen LogP) is 2.70. The highest BCUT2D eigenvalue weighted by Crippen LogP contribution is 2.31. The molecule has 0 unspecified atom stereocenters. The van der Waals surface area contributed by atoms with Gasteiger partial charge < -0.3 is 4.90 Å². The Morgan fingerprint density at radius 3 is 2.63 bits per heavy atom. The molecule has 2 aliphatic heterocycles. The number of hydrogen-bond acceptors (Lipinski definition) is 6. The Hall–Kier alpha value is -2.39. The molecule has 0 saturated carbocycles. The number of nitrogens with zero attached hydrogens (tertiary/aromatic N) is 2. The monoisotopic (exact) mass is 448 g/mol. The van der Waals surface area contributed by atoms with Crippen LogP contribution in [-0.4, -0.2) is 65.9 Å². The van der Waals surface area contributed by atoms with E-state index in [2.05, 4.69) is 0 Å². The summed E-state index contributed by atoms with van der Waals surface area (Å²) >= 11 is 0.851. The topological polar surface area (TPSA) is 91.8 Å². The van der Waals surface area contributed by atoms with E-state index in [1.165, 1.54) is 0 Å². The average Bonchev–Trinajstić information content (AvgIpc) is 3.20. The molecule has 0 bridgehead atoms. The van der Waals surface area contributed by atoms with Gasteiger partial charge in [-0.2, -0.15) is 0 Å². The first-order chi connectivity index (χ1) is 14.3. The molecule has 0 N–H and O–H groups in total. The van der Waals surface area contributed by atoms with Crippen LogP contribution < -0.4 is 0 Å². The maximum Gasteiger partial charge on any atom is 0.293 e. The number of allylic oxidation sites excluding steroid dienone is 2. The summed E-state index contributed by atoms with van der Waals surface area (Å²) in [6, 6.07) is 9.25. The van der Waals surface area contributed by atoms with Crippen molar-refractivity contribution in [2.75, 3.05) is 24.6 Å². The Labute approximate surface area is 180 Å². The summed E-state index contributed by atoms with van der Waals surface area (Å²) in [5, 5.41) is -0.404. The van der Waals surface area contributed by atoms with Crippen LogP contribution in [0.5, 0.6) is 0 Å². The van der Waals surface area contributed by atoms with Gasteiger partial charge in [-0.15, -0.1) is 0 Å². The van der Waals surface area contributed by atoms with Crippen molar-refractivity contribution in [2.24, 2.45) is 0 Å². The Morgan fingerprint density at radius 2 is 2.00 bits per heavy atom. The van der Waals surface area contributed by atoms with Crippen molar-refractivity contribution in [3.63, 3.8) is 0 Å². The Morgan fingerprint density at radius 1 is 1.27 bits per heavy atom. The van der Waals surface area contributed by atoms with Crippen molar-refractivity contribution in [1.82, 2.24) is 9.80 Å². The number of rotatable bonds is 7. The zero-order chi connectivity index (χ0) is 21.7. The van der Waals surface area contributed by atoms with Gasteiger partial charge in [0, 0.05) is 25.6 Å². The van der Waals surface area contributed by atoms with Crippen molar-refractivity contribution in [3.8, 4) is 0 Å². The third-order valence-corrected chi connectivity index (χ3v) is 7.74. The highest BCUT2D eigenvalue weighted by atomic mass is 32.2. The first-order valence-electron chi connectivity index (χ1n) is 9.77. The van der Waals surface area contributed by atoms with Crippen LogP contribution in [0.1, 0.15) is 25.3 Å². The Kier molecular flexibility index (Phi) is 7.14. The summed E-state index contributed by atoms with van der Waals surface area (Å²) < 4.78 is 23.4. The molecular formula is C21H24N2O5S2. The first-order valence-corrected chi connectivity index (χ1v) is 12.4. The molecule has 30 heavy (non-hydrogen) atoms. The van der Waals surface area contributed by atoms with Gasteiger partial charge in [0.1, 0.15) is 0 Å². The van der Waals surface area contributed by atoms with Gasteiger partial charge in [0.2, 0.25) is 5.91 Å². The molecule has 2 heterocycles. The van der Waals surface area contributed by atoms with Gasteiger partial charge in [-0.3, -0.25) is 19.3 Å². The van der Waals surface area contributed by atoms with Gasteiger partial charge in [0.25, 0.3) is 11.1 Å². The second kappa shape index (κ2) is 9.61. The van der Waals surface area contributed by atoms with Crippen LogP contribution in [0.15, 0.2) is 47.4 Å². The number of thioether (sulfide) groups is 1. The lowest BCUT2D eigenvalue weighted by Crippen LogP contribution is -2.42. The fourth-order valence-electron chi connectivity index (χ4n) is 3.53. The molecular weight excluding hydrogens is 424 g/mol. The van der Waals surface area contributed by atoms with Crippen molar-refractivity contribution < 1.29 is 22.8 Å². The molecule has 3 amide bonds. The molecule has 2 aliphatic rings. The summed E-state index contributed by atoms with van der Waals surface area (Å²) in [5.41, 5.74) is 0.979. The molecule has 0 spiro atoms. The van der Waals surface area contributed by atoms with Crippen LogP contribution in [-0.2, 0) is 19.4 Å². The molecule has 1 aromatic carbocycles. The second-order valence-corrected chi connectivity index (χ2v) is 10.3. The van der Waals surface area contributed by atoms with E-state index in [1.54, 1.807) is 24.0 Å². The van der Waals surface area contributed by atoms with Gasteiger partial charge in [-0.25, -0.2) is 8.42 Å². The van der Waals surface area contributed by atoms with Crippen LogP contribution in [0.2, 0.25) is 0 Å². The molecule has 0 radical (unpaired) electrons. The summed E-state index contributed by atoms with van der Waals surface area (Å²) in [6.07, 6.45) is 5.57. The number of amides is 3. The lowest BCUT2D eigenvalue weighted by Gasteiger charge is -2.27. The standard InChI is InChI=1S/C21H24N2O5S2/c1-2-22(17-12-14-30(27,28)15-17)19(24)11-13-23-20(25)18(29-21(23)26)10-6-9-16-7-4-3-5-8-16/h3-10,17H,2,11-15H2,1H3/b9-6+,18-10-/t17-/m1/s1. The van der Waals surface area contributed by atoms with E-state index < -0.39 is 21.0 Å². The zero-order valence-electron chi connectivity index (χ0n) is 16.7. The van der Waals surface area contributed by atoms with E-state index >= 15 is 0 Å². The average molecular weight is 449 g/mol. The minimum absolute atomic E-state index is 0.0147. The van der Waals surface area contributed by atoms with Crippen LogP contribution in [0.25, 0.3) is 6.08 Å². The predicted molar refractivity (Wildman–Crippen MR) is 117 cm³/mol. The summed E-state index contributed by atoms with van der Waals surface area (Å²) in [7, 11) is -3.10. The lowest BCUT2D eigenvalue weighted by molar-refractivity contribution is -0.133. The van der Waals surface area contributed by atoms with Crippen molar-refractivity contribution in [3.05, 3.63) is 53.0 Å². The highest BCUT2D eigenvalue weighted by molar-refractivity contribution is 8.18. The Balaban J connectivity index is 1.58. The maximum absolute atomic E-state index is 12.6. The van der Waals surface area contributed by atoms with Gasteiger partial charge in [-0.05, 0) is 36.7 Å². The van der Waals surface area contributed by atoms with E-state index in [0.29, 0.717) is 17.9 Å². The van der Waals surface area contributed by atoms with Crippen molar-refractivity contribution >= 4 is 44.7 Å². The third kappa shape index (κ3) is 5.40. The molecule has 9 heteroatoms. The summed E-state index contributed by atoms with van der Waals surface area (Å²) in [6.45, 7) is 2.18. The van der Waals surface area contributed by atoms with E-state index in [1.807, 2.05) is 36.4 Å². The lowest BCUT2D eigenvalue weighted by atomic mass is 10.2. The molecule has 0 aliphatic carbocycles. The van der Waals surface area contributed by atoms with E-state index in [9.17, 15) is 22.8 Å². The number of hydrogen-bond donors (Lipinski definition) is 0. The molecule has 0 aromatic heterocycles.